The Morgan fingerprint density at radius 1 is 1.14 bits per heavy atom. The summed E-state index contributed by atoms with van der Waals surface area (Å²) < 4.78 is 0. The molecule has 1 heteroatoms. The van der Waals surface area contributed by atoms with E-state index in [2.05, 4.69) is 34.6 Å². The molecule has 0 amide bonds. The number of hydrogen-bond donors (Lipinski definition) is 1. The van der Waals surface area contributed by atoms with Gasteiger partial charge in [-0.25, -0.2) is 0 Å². The summed E-state index contributed by atoms with van der Waals surface area (Å²) in [6.45, 7) is 11.1. The van der Waals surface area contributed by atoms with Gasteiger partial charge in [-0.15, -0.1) is 0 Å². The molecule has 0 aliphatic heterocycles. The first-order valence-electron chi connectivity index (χ1n) is 6.12. The molecule has 0 aromatic heterocycles. The molecule has 0 bridgehead atoms. The minimum absolute atomic E-state index is 0.465. The Bertz CT molecular complexity index is 163. The number of nitrogens with one attached hydrogen (secondary N) is 1. The van der Waals surface area contributed by atoms with E-state index in [0.29, 0.717) is 17.8 Å². The van der Waals surface area contributed by atoms with E-state index in [-0.39, 0.29) is 0 Å². The minimum Gasteiger partial charge on any atom is -0.309 e. The maximum absolute atomic E-state index is 8.11. The maximum atomic E-state index is 8.11. The second kappa shape index (κ2) is 7.03. The molecule has 0 rings (SSSR count). The molecule has 0 saturated carbocycles. The third-order valence-electron chi connectivity index (χ3n) is 3.51. The summed E-state index contributed by atoms with van der Waals surface area (Å²) in [7, 11) is 0. The Labute approximate surface area is 89.8 Å². The minimum atomic E-state index is 0.465. The molecule has 0 aromatic rings. The third kappa shape index (κ3) is 4.26. The molecule has 1 nitrogen and oxygen atoms in total. The van der Waals surface area contributed by atoms with Gasteiger partial charge < -0.3 is 5.41 Å². The van der Waals surface area contributed by atoms with Crippen molar-refractivity contribution in [3.05, 3.63) is 0 Å². The molecule has 0 radical (unpaired) electrons. The van der Waals surface area contributed by atoms with E-state index in [0.717, 1.165) is 5.71 Å². The van der Waals surface area contributed by atoms with E-state index in [9.17, 15) is 0 Å². The van der Waals surface area contributed by atoms with Gasteiger partial charge in [0.2, 0.25) is 0 Å². The number of unbranched alkanes of at least 4 members (excludes halogenated alkanes) is 1. The van der Waals surface area contributed by atoms with E-state index in [1.54, 1.807) is 0 Å². The molecule has 3 atom stereocenters. The van der Waals surface area contributed by atoms with Crippen molar-refractivity contribution in [1.29, 1.82) is 5.41 Å². The number of rotatable bonds is 7. The van der Waals surface area contributed by atoms with Crippen molar-refractivity contribution in [2.24, 2.45) is 17.8 Å². The average Bonchev–Trinajstić information content (AvgIpc) is 2.22. The molecule has 14 heavy (non-hydrogen) atoms. The van der Waals surface area contributed by atoms with Gasteiger partial charge in [-0.2, -0.15) is 0 Å². The smallest absolute Gasteiger partial charge is 0.0148 e. The lowest BCUT2D eigenvalue weighted by atomic mass is 9.82. The van der Waals surface area contributed by atoms with Gasteiger partial charge in [0.05, 0.1) is 0 Å². The molecule has 0 aromatic carbocycles. The zero-order chi connectivity index (χ0) is 11.1. The monoisotopic (exact) mass is 197 g/mol. The van der Waals surface area contributed by atoms with Gasteiger partial charge in [-0.05, 0) is 24.2 Å². The van der Waals surface area contributed by atoms with Gasteiger partial charge in [0.25, 0.3) is 0 Å². The average molecular weight is 197 g/mol. The summed E-state index contributed by atoms with van der Waals surface area (Å²) in [5.41, 5.74) is 0.966. The Balaban J connectivity index is 4.03. The molecule has 0 saturated heterocycles. The molecule has 3 unspecified atom stereocenters. The molecule has 1 N–H and O–H groups in total. The van der Waals surface area contributed by atoms with E-state index in [4.69, 9.17) is 5.41 Å². The summed E-state index contributed by atoms with van der Waals surface area (Å²) in [6, 6.07) is 0. The van der Waals surface area contributed by atoms with E-state index in [1.165, 1.54) is 25.7 Å². The van der Waals surface area contributed by atoms with Crippen LogP contribution in [0.25, 0.3) is 0 Å². The van der Waals surface area contributed by atoms with Crippen LogP contribution in [0.2, 0.25) is 0 Å². The van der Waals surface area contributed by atoms with Crippen molar-refractivity contribution < 1.29 is 0 Å². The van der Waals surface area contributed by atoms with Crippen molar-refractivity contribution in [3.8, 4) is 0 Å². The lowest BCUT2D eigenvalue weighted by molar-refractivity contribution is 0.446. The highest BCUT2D eigenvalue weighted by Crippen LogP contribution is 2.22. The van der Waals surface area contributed by atoms with Crippen LogP contribution in [0.5, 0.6) is 0 Å². The zero-order valence-electron chi connectivity index (χ0n) is 10.6. The highest BCUT2D eigenvalue weighted by molar-refractivity contribution is 5.85. The van der Waals surface area contributed by atoms with Crippen molar-refractivity contribution in [1.82, 2.24) is 0 Å². The normalized spacial score (nSPS) is 17.5. The molecule has 84 valence electrons. The van der Waals surface area contributed by atoms with Gasteiger partial charge >= 0.3 is 0 Å². The van der Waals surface area contributed by atoms with Gasteiger partial charge in [0.15, 0.2) is 0 Å². The van der Waals surface area contributed by atoms with E-state index >= 15 is 0 Å². The molecule has 0 aliphatic rings. The molecular formula is C13H27N. The Morgan fingerprint density at radius 2 is 1.71 bits per heavy atom. The fraction of sp³-hybridized carbons (Fsp3) is 0.923. The van der Waals surface area contributed by atoms with Crippen molar-refractivity contribution in [3.63, 3.8) is 0 Å². The fourth-order valence-electron chi connectivity index (χ4n) is 1.77. The lowest BCUT2D eigenvalue weighted by Gasteiger charge is -2.23. The second-order valence-corrected chi connectivity index (χ2v) is 4.67. The highest BCUT2D eigenvalue weighted by atomic mass is 14.5. The first-order valence-corrected chi connectivity index (χ1v) is 6.12. The third-order valence-corrected chi connectivity index (χ3v) is 3.51. The van der Waals surface area contributed by atoms with Crippen LogP contribution in [-0.2, 0) is 0 Å². The van der Waals surface area contributed by atoms with Crippen molar-refractivity contribution >= 4 is 5.71 Å². The first-order chi connectivity index (χ1) is 6.54. The largest absolute Gasteiger partial charge is 0.309 e. The van der Waals surface area contributed by atoms with Gasteiger partial charge in [0, 0.05) is 5.71 Å². The summed E-state index contributed by atoms with van der Waals surface area (Å²) in [5, 5.41) is 8.11. The zero-order valence-corrected chi connectivity index (χ0v) is 10.6. The van der Waals surface area contributed by atoms with Gasteiger partial charge in [-0.3, -0.25) is 0 Å². The first kappa shape index (κ1) is 13.7. The SMILES string of the molecule is CCCCC(C)C(=N)C(C)C(C)CC. The Kier molecular flexibility index (Phi) is 6.86. The highest BCUT2D eigenvalue weighted by Gasteiger charge is 2.19. The lowest BCUT2D eigenvalue weighted by Crippen LogP contribution is -2.23. The van der Waals surface area contributed by atoms with Crippen LogP contribution in [0.4, 0.5) is 0 Å². The maximum Gasteiger partial charge on any atom is 0.0148 e. The van der Waals surface area contributed by atoms with Gasteiger partial charge in [-0.1, -0.05) is 53.9 Å². The van der Waals surface area contributed by atoms with Crippen LogP contribution in [0.15, 0.2) is 0 Å². The van der Waals surface area contributed by atoms with Crippen molar-refractivity contribution in [2.75, 3.05) is 0 Å². The summed E-state index contributed by atoms with van der Waals surface area (Å²) in [6.07, 6.45) is 4.88. The number of hydrogen-bond acceptors (Lipinski definition) is 1. The molecule has 0 spiro atoms. The van der Waals surface area contributed by atoms with Crippen LogP contribution in [0.3, 0.4) is 0 Å². The fourth-order valence-corrected chi connectivity index (χ4v) is 1.77. The molecule has 0 aliphatic carbocycles. The van der Waals surface area contributed by atoms with E-state index in [1.807, 2.05) is 0 Å². The second-order valence-electron chi connectivity index (χ2n) is 4.67. The summed E-state index contributed by atoms with van der Waals surface area (Å²) >= 11 is 0. The van der Waals surface area contributed by atoms with E-state index < -0.39 is 0 Å². The van der Waals surface area contributed by atoms with Crippen LogP contribution >= 0.6 is 0 Å². The quantitative estimate of drug-likeness (QED) is 0.580. The predicted octanol–water partition coefficient (Wildman–Crippen LogP) is 4.51. The Hall–Kier alpha value is -0.330. The Morgan fingerprint density at radius 3 is 2.14 bits per heavy atom. The molecule has 0 heterocycles. The predicted molar refractivity (Wildman–Crippen MR) is 65.0 cm³/mol. The molecular weight excluding hydrogens is 170 g/mol. The standard InChI is InChI=1S/C13H27N/c1-6-8-9-11(4)13(14)12(5)10(3)7-2/h10-12,14H,6-9H2,1-5H3. The van der Waals surface area contributed by atoms with Crippen molar-refractivity contribution in [2.45, 2.75) is 60.3 Å². The topological polar surface area (TPSA) is 23.9 Å². The van der Waals surface area contributed by atoms with Crippen LogP contribution < -0.4 is 0 Å². The summed E-state index contributed by atoms with van der Waals surface area (Å²) in [4.78, 5) is 0. The van der Waals surface area contributed by atoms with Crippen LogP contribution in [0.1, 0.15) is 60.3 Å². The molecule has 0 fully saturated rings. The van der Waals surface area contributed by atoms with Gasteiger partial charge in [0.1, 0.15) is 0 Å². The van der Waals surface area contributed by atoms with Crippen LogP contribution in [-0.4, -0.2) is 5.71 Å². The van der Waals surface area contributed by atoms with Crippen LogP contribution in [0, 0.1) is 23.2 Å². The summed E-state index contributed by atoms with van der Waals surface area (Å²) in [5.74, 6) is 1.61.